The average Bonchev–Trinajstić information content (AvgIpc) is 2.49. The molecule has 0 unspecified atom stereocenters. The highest BCUT2D eigenvalue weighted by molar-refractivity contribution is 5.93. The summed E-state index contributed by atoms with van der Waals surface area (Å²) in [5.74, 6) is 0.862. The lowest BCUT2D eigenvalue weighted by atomic mass is 10.2. The Hall–Kier alpha value is -1.08. The van der Waals surface area contributed by atoms with E-state index in [2.05, 4.69) is 20.5 Å². The van der Waals surface area contributed by atoms with Gasteiger partial charge in [-0.25, -0.2) is 4.98 Å². The fraction of sp³-hybridized carbons (Fsp3) is 0.571. The molecule has 6 nitrogen and oxygen atoms in total. The van der Waals surface area contributed by atoms with Gasteiger partial charge in [-0.1, -0.05) is 0 Å². The molecule has 2 heterocycles. The Labute approximate surface area is 143 Å². The minimum Gasteiger partial charge on any atom is -0.378 e. The first-order valence-electron chi connectivity index (χ1n) is 7.03. The van der Waals surface area contributed by atoms with Gasteiger partial charge < -0.3 is 20.3 Å². The predicted octanol–water partition coefficient (Wildman–Crippen LogP) is 1.70. The van der Waals surface area contributed by atoms with E-state index in [9.17, 15) is 4.79 Å². The van der Waals surface area contributed by atoms with Crippen molar-refractivity contribution in [3.05, 3.63) is 18.3 Å². The highest BCUT2D eigenvalue weighted by Gasteiger charge is 2.16. The van der Waals surface area contributed by atoms with Gasteiger partial charge in [-0.05, 0) is 32.1 Å². The summed E-state index contributed by atoms with van der Waals surface area (Å²) >= 11 is 0. The monoisotopic (exact) mass is 350 g/mol. The number of ether oxygens (including phenoxy) is 1. The van der Waals surface area contributed by atoms with Gasteiger partial charge in [0.25, 0.3) is 0 Å². The molecule has 8 heteroatoms. The number of halogens is 2. The number of amides is 1. The lowest BCUT2D eigenvalue weighted by molar-refractivity contribution is -0.116. The molecule has 1 aliphatic rings. The molecule has 0 radical (unpaired) electrons. The Bertz CT molecular complexity index is 443. The van der Waals surface area contributed by atoms with Crippen LogP contribution in [0.5, 0.6) is 0 Å². The largest absolute Gasteiger partial charge is 0.378 e. The van der Waals surface area contributed by atoms with Gasteiger partial charge in [-0.3, -0.25) is 4.79 Å². The highest BCUT2D eigenvalue weighted by Crippen LogP contribution is 2.23. The molecule has 0 spiro atoms. The lowest BCUT2D eigenvalue weighted by Crippen LogP contribution is -2.37. The smallest absolute Gasteiger partial charge is 0.224 e. The number of hydrogen-bond donors (Lipinski definition) is 2. The number of carbonyl (C=O) groups excluding carboxylic acids is 1. The SMILES string of the molecule is CNCCCC(=O)Nc1cccnc1N1CCOCC1.Cl.Cl. The van der Waals surface area contributed by atoms with Crippen LogP contribution >= 0.6 is 24.8 Å². The second-order valence-electron chi connectivity index (χ2n) is 4.73. The molecule has 0 saturated carbocycles. The molecule has 0 atom stereocenters. The molecule has 1 saturated heterocycles. The molecule has 1 aromatic heterocycles. The number of carbonyl (C=O) groups is 1. The molecule has 22 heavy (non-hydrogen) atoms. The van der Waals surface area contributed by atoms with E-state index in [1.165, 1.54) is 0 Å². The molecular weight excluding hydrogens is 327 g/mol. The van der Waals surface area contributed by atoms with Crippen LogP contribution in [-0.2, 0) is 9.53 Å². The predicted molar refractivity (Wildman–Crippen MR) is 93.6 cm³/mol. The van der Waals surface area contributed by atoms with Crippen molar-refractivity contribution >= 4 is 42.2 Å². The third kappa shape index (κ3) is 6.36. The molecule has 1 aliphatic heterocycles. The summed E-state index contributed by atoms with van der Waals surface area (Å²) in [6.45, 7) is 3.86. The molecule has 126 valence electrons. The number of rotatable bonds is 6. The van der Waals surface area contributed by atoms with E-state index in [1.807, 2.05) is 19.2 Å². The number of hydrogen-bond acceptors (Lipinski definition) is 5. The van der Waals surface area contributed by atoms with Crippen LogP contribution in [0.1, 0.15) is 12.8 Å². The van der Waals surface area contributed by atoms with Gasteiger partial charge in [0, 0.05) is 25.7 Å². The van der Waals surface area contributed by atoms with Gasteiger partial charge in [-0.15, -0.1) is 24.8 Å². The van der Waals surface area contributed by atoms with Crippen molar-refractivity contribution in [1.82, 2.24) is 10.3 Å². The molecular formula is C14H24Cl2N4O2. The maximum Gasteiger partial charge on any atom is 0.224 e. The molecule has 2 N–H and O–H groups in total. The van der Waals surface area contributed by atoms with Gasteiger partial charge in [0.15, 0.2) is 5.82 Å². The standard InChI is InChI=1S/C14H22N4O2.2ClH/c1-15-6-3-5-13(19)17-12-4-2-7-16-14(12)18-8-10-20-11-9-18;;/h2,4,7,15H,3,5-6,8-11H2,1H3,(H,17,19);2*1H. The van der Waals surface area contributed by atoms with Gasteiger partial charge in [-0.2, -0.15) is 0 Å². The maximum absolute atomic E-state index is 11.9. The van der Waals surface area contributed by atoms with E-state index in [-0.39, 0.29) is 30.7 Å². The van der Waals surface area contributed by atoms with E-state index in [1.54, 1.807) is 6.20 Å². The number of nitrogens with one attached hydrogen (secondary N) is 2. The zero-order chi connectivity index (χ0) is 14.2. The number of anilines is 2. The van der Waals surface area contributed by atoms with Gasteiger partial charge >= 0.3 is 0 Å². The second-order valence-corrected chi connectivity index (χ2v) is 4.73. The highest BCUT2D eigenvalue weighted by atomic mass is 35.5. The fourth-order valence-electron chi connectivity index (χ4n) is 2.16. The van der Waals surface area contributed by atoms with Crippen molar-refractivity contribution in [3.8, 4) is 0 Å². The van der Waals surface area contributed by atoms with Crippen LogP contribution in [0.4, 0.5) is 11.5 Å². The zero-order valence-corrected chi connectivity index (χ0v) is 14.3. The summed E-state index contributed by atoms with van der Waals surface area (Å²) in [4.78, 5) is 18.5. The first-order valence-corrected chi connectivity index (χ1v) is 7.03. The van der Waals surface area contributed by atoms with Crippen LogP contribution in [-0.4, -0.2) is 50.8 Å². The van der Waals surface area contributed by atoms with E-state index >= 15 is 0 Å². The second kappa shape index (κ2) is 11.5. The van der Waals surface area contributed by atoms with Crippen molar-refractivity contribution in [2.45, 2.75) is 12.8 Å². The maximum atomic E-state index is 11.9. The fourth-order valence-corrected chi connectivity index (χ4v) is 2.16. The van der Waals surface area contributed by atoms with E-state index in [0.29, 0.717) is 19.6 Å². The molecule has 1 aromatic rings. The van der Waals surface area contributed by atoms with E-state index in [4.69, 9.17) is 4.74 Å². The third-order valence-corrected chi connectivity index (χ3v) is 3.20. The minimum absolute atomic E-state index is 0. The Kier molecular flexibility index (Phi) is 10.9. The van der Waals surface area contributed by atoms with E-state index < -0.39 is 0 Å². The Balaban J connectivity index is 0.00000220. The summed E-state index contributed by atoms with van der Waals surface area (Å²) in [5.41, 5.74) is 0.781. The number of aromatic nitrogens is 1. The summed E-state index contributed by atoms with van der Waals surface area (Å²) < 4.78 is 5.34. The molecule has 0 bridgehead atoms. The summed E-state index contributed by atoms with van der Waals surface area (Å²) in [5, 5.41) is 5.99. The minimum atomic E-state index is 0. The molecule has 2 rings (SSSR count). The Morgan fingerprint density at radius 1 is 1.36 bits per heavy atom. The third-order valence-electron chi connectivity index (χ3n) is 3.20. The van der Waals surface area contributed by atoms with Crippen molar-refractivity contribution in [3.63, 3.8) is 0 Å². The van der Waals surface area contributed by atoms with Crippen molar-refractivity contribution in [2.75, 3.05) is 50.1 Å². The quantitative estimate of drug-likeness (QED) is 0.764. The van der Waals surface area contributed by atoms with Crippen LogP contribution in [0.15, 0.2) is 18.3 Å². The van der Waals surface area contributed by atoms with Crippen molar-refractivity contribution in [2.24, 2.45) is 0 Å². The van der Waals surface area contributed by atoms with Crippen molar-refractivity contribution < 1.29 is 9.53 Å². The zero-order valence-electron chi connectivity index (χ0n) is 12.7. The molecule has 0 aromatic carbocycles. The summed E-state index contributed by atoms with van der Waals surface area (Å²) in [7, 11) is 1.88. The number of morpholine rings is 1. The van der Waals surface area contributed by atoms with Crippen LogP contribution in [0, 0.1) is 0 Å². The van der Waals surface area contributed by atoms with Crippen LogP contribution in [0.2, 0.25) is 0 Å². The van der Waals surface area contributed by atoms with E-state index in [0.717, 1.165) is 37.6 Å². The normalized spacial score (nSPS) is 13.8. The molecule has 1 fully saturated rings. The summed E-state index contributed by atoms with van der Waals surface area (Å²) in [6, 6.07) is 3.74. The van der Waals surface area contributed by atoms with Crippen LogP contribution < -0.4 is 15.5 Å². The van der Waals surface area contributed by atoms with Crippen LogP contribution in [0.3, 0.4) is 0 Å². The van der Waals surface area contributed by atoms with Gasteiger partial charge in [0.2, 0.25) is 5.91 Å². The number of pyridine rings is 1. The first-order chi connectivity index (χ1) is 9.81. The van der Waals surface area contributed by atoms with Crippen LogP contribution in [0.25, 0.3) is 0 Å². The Morgan fingerprint density at radius 2 is 2.09 bits per heavy atom. The van der Waals surface area contributed by atoms with Gasteiger partial charge in [0.1, 0.15) is 0 Å². The number of nitrogens with zero attached hydrogens (tertiary/aromatic N) is 2. The topological polar surface area (TPSA) is 66.5 Å². The average molecular weight is 351 g/mol. The van der Waals surface area contributed by atoms with Gasteiger partial charge in [0.05, 0.1) is 18.9 Å². The lowest BCUT2D eigenvalue weighted by Gasteiger charge is -2.29. The first kappa shape index (κ1) is 20.9. The molecule has 0 aliphatic carbocycles. The molecule has 1 amide bonds. The van der Waals surface area contributed by atoms with Crippen molar-refractivity contribution in [1.29, 1.82) is 0 Å². The Morgan fingerprint density at radius 3 is 2.77 bits per heavy atom. The summed E-state index contributed by atoms with van der Waals surface area (Å²) in [6.07, 6.45) is 3.09.